The normalized spacial score (nSPS) is 11.1. The van der Waals surface area contributed by atoms with Gasteiger partial charge in [-0.05, 0) is 22.0 Å². The Morgan fingerprint density at radius 3 is 2.68 bits per heavy atom. The van der Waals surface area contributed by atoms with Gasteiger partial charge in [0.15, 0.2) is 4.90 Å². The molecule has 0 fully saturated rings. The summed E-state index contributed by atoms with van der Waals surface area (Å²) in [5.41, 5.74) is -0.591. The SMILES string of the molecule is COC(=O)CNS(=O)(=O)c1c(Br)cccc1[N+](=O)[O-]. The van der Waals surface area contributed by atoms with E-state index in [4.69, 9.17) is 0 Å². The van der Waals surface area contributed by atoms with Crippen molar-refractivity contribution in [3.8, 4) is 0 Å². The first-order valence-corrected chi connectivity index (χ1v) is 7.06. The highest BCUT2D eigenvalue weighted by Crippen LogP contribution is 2.30. The van der Waals surface area contributed by atoms with Gasteiger partial charge >= 0.3 is 5.97 Å². The van der Waals surface area contributed by atoms with E-state index in [0.29, 0.717) is 0 Å². The van der Waals surface area contributed by atoms with Crippen molar-refractivity contribution in [1.82, 2.24) is 4.72 Å². The van der Waals surface area contributed by atoms with Crippen molar-refractivity contribution < 1.29 is 22.9 Å². The highest BCUT2D eigenvalue weighted by atomic mass is 79.9. The molecule has 10 heteroatoms. The Kier molecular flexibility index (Phi) is 4.97. The number of rotatable bonds is 5. The Hall–Kier alpha value is -1.52. The summed E-state index contributed by atoms with van der Waals surface area (Å²) in [4.78, 5) is 20.4. The molecule has 0 unspecified atom stereocenters. The van der Waals surface area contributed by atoms with Crippen LogP contribution in [0.15, 0.2) is 27.6 Å². The first kappa shape index (κ1) is 15.5. The molecule has 0 amide bonds. The van der Waals surface area contributed by atoms with Crippen molar-refractivity contribution in [2.24, 2.45) is 0 Å². The summed E-state index contributed by atoms with van der Waals surface area (Å²) in [6.07, 6.45) is 0. The van der Waals surface area contributed by atoms with E-state index in [1.54, 1.807) is 0 Å². The third-order valence-electron chi connectivity index (χ3n) is 2.05. The zero-order valence-electron chi connectivity index (χ0n) is 9.62. The number of sulfonamides is 1. The zero-order valence-corrected chi connectivity index (χ0v) is 12.0. The molecule has 0 spiro atoms. The average Bonchev–Trinajstić information content (AvgIpc) is 2.35. The van der Waals surface area contributed by atoms with Gasteiger partial charge in [0, 0.05) is 10.5 Å². The van der Waals surface area contributed by atoms with Crippen molar-refractivity contribution in [2.45, 2.75) is 4.90 Å². The number of methoxy groups -OCH3 is 1. The number of halogens is 1. The number of hydrogen-bond donors (Lipinski definition) is 1. The van der Waals surface area contributed by atoms with Crippen LogP contribution in [0.5, 0.6) is 0 Å². The Bertz CT molecular complexity index is 615. The van der Waals surface area contributed by atoms with E-state index in [9.17, 15) is 23.3 Å². The lowest BCUT2D eigenvalue weighted by atomic mass is 10.3. The van der Waals surface area contributed by atoms with Crippen LogP contribution >= 0.6 is 15.9 Å². The number of esters is 1. The minimum atomic E-state index is -4.21. The summed E-state index contributed by atoms with van der Waals surface area (Å²) in [5.74, 6) is -0.807. The van der Waals surface area contributed by atoms with Gasteiger partial charge in [-0.25, -0.2) is 8.42 Å². The smallest absolute Gasteiger partial charge is 0.320 e. The lowest BCUT2D eigenvalue weighted by Crippen LogP contribution is -2.30. The van der Waals surface area contributed by atoms with Crippen LogP contribution in [0.4, 0.5) is 5.69 Å². The van der Waals surface area contributed by atoms with Crippen LogP contribution in [-0.2, 0) is 19.6 Å². The number of benzene rings is 1. The van der Waals surface area contributed by atoms with Crippen molar-refractivity contribution in [2.75, 3.05) is 13.7 Å². The molecule has 1 aromatic rings. The Labute approximate surface area is 117 Å². The van der Waals surface area contributed by atoms with Gasteiger partial charge in [-0.2, -0.15) is 4.72 Å². The second-order valence-corrected chi connectivity index (χ2v) is 5.80. The molecule has 0 aliphatic heterocycles. The minimum absolute atomic E-state index is 0.0269. The van der Waals surface area contributed by atoms with Gasteiger partial charge in [-0.3, -0.25) is 14.9 Å². The Morgan fingerprint density at radius 1 is 1.53 bits per heavy atom. The molecule has 0 heterocycles. The van der Waals surface area contributed by atoms with E-state index in [1.165, 1.54) is 12.1 Å². The van der Waals surface area contributed by atoms with Gasteiger partial charge in [0.25, 0.3) is 5.69 Å². The zero-order chi connectivity index (χ0) is 14.6. The summed E-state index contributed by atoms with van der Waals surface area (Å²) in [6.45, 7) is -0.614. The molecule has 104 valence electrons. The fourth-order valence-corrected chi connectivity index (χ4v) is 3.40. The third kappa shape index (κ3) is 3.72. The van der Waals surface area contributed by atoms with E-state index in [2.05, 4.69) is 20.7 Å². The minimum Gasteiger partial charge on any atom is -0.468 e. The van der Waals surface area contributed by atoms with Crippen molar-refractivity contribution in [1.29, 1.82) is 0 Å². The standard InChI is InChI=1S/C9H9BrN2O6S/c1-18-8(13)5-11-19(16,17)9-6(10)3-2-4-7(9)12(14)15/h2-4,11H,5H2,1H3. The Morgan fingerprint density at radius 2 is 2.16 bits per heavy atom. The summed E-state index contributed by atoms with van der Waals surface area (Å²) < 4.78 is 30.1. The number of nitrogens with one attached hydrogen (secondary N) is 1. The van der Waals surface area contributed by atoms with Crippen LogP contribution in [0.25, 0.3) is 0 Å². The van der Waals surface area contributed by atoms with Gasteiger partial charge in [-0.15, -0.1) is 0 Å². The second kappa shape index (κ2) is 6.08. The lowest BCUT2D eigenvalue weighted by Gasteiger charge is -2.08. The molecule has 0 aliphatic rings. The summed E-state index contributed by atoms with van der Waals surface area (Å²) in [6, 6.07) is 3.73. The predicted molar refractivity (Wildman–Crippen MR) is 68.0 cm³/mol. The molecule has 0 aliphatic carbocycles. The van der Waals surface area contributed by atoms with Gasteiger partial charge in [0.05, 0.1) is 12.0 Å². The number of nitro groups is 1. The van der Waals surface area contributed by atoms with E-state index in [1.807, 2.05) is 4.72 Å². The first-order chi connectivity index (χ1) is 8.79. The van der Waals surface area contributed by atoms with Crippen LogP contribution in [-0.4, -0.2) is 33.0 Å². The lowest BCUT2D eigenvalue weighted by molar-refractivity contribution is -0.388. The number of ether oxygens (including phenoxy) is 1. The number of nitrogens with zero attached hydrogens (tertiary/aromatic N) is 1. The molecular weight excluding hydrogens is 344 g/mol. The molecular formula is C9H9BrN2O6S. The fourth-order valence-electron chi connectivity index (χ4n) is 1.21. The number of carbonyl (C=O) groups is 1. The topological polar surface area (TPSA) is 116 Å². The number of hydrogen-bond acceptors (Lipinski definition) is 6. The summed E-state index contributed by atoms with van der Waals surface area (Å²) in [5, 5.41) is 10.8. The molecule has 0 saturated carbocycles. The van der Waals surface area contributed by atoms with Crippen molar-refractivity contribution in [3.63, 3.8) is 0 Å². The maximum Gasteiger partial charge on any atom is 0.320 e. The van der Waals surface area contributed by atoms with E-state index in [0.717, 1.165) is 13.2 Å². The molecule has 1 N–H and O–H groups in total. The van der Waals surface area contributed by atoms with Crippen molar-refractivity contribution in [3.05, 3.63) is 32.8 Å². The fraction of sp³-hybridized carbons (Fsp3) is 0.222. The van der Waals surface area contributed by atoms with E-state index < -0.39 is 38.0 Å². The monoisotopic (exact) mass is 352 g/mol. The maximum atomic E-state index is 11.9. The van der Waals surface area contributed by atoms with Gasteiger partial charge < -0.3 is 4.74 Å². The van der Waals surface area contributed by atoms with Crippen LogP contribution in [0, 0.1) is 10.1 Å². The molecule has 0 saturated heterocycles. The molecule has 0 bridgehead atoms. The van der Waals surface area contributed by atoms with Crippen LogP contribution in [0.2, 0.25) is 0 Å². The third-order valence-corrected chi connectivity index (χ3v) is 4.46. The highest BCUT2D eigenvalue weighted by molar-refractivity contribution is 9.10. The van der Waals surface area contributed by atoms with Gasteiger partial charge in [0.1, 0.15) is 6.54 Å². The predicted octanol–water partition coefficient (Wildman–Crippen LogP) is 0.809. The molecule has 0 atom stereocenters. The first-order valence-electron chi connectivity index (χ1n) is 4.79. The van der Waals surface area contributed by atoms with Crippen LogP contribution in [0.3, 0.4) is 0 Å². The molecule has 8 nitrogen and oxygen atoms in total. The van der Waals surface area contributed by atoms with Crippen molar-refractivity contribution >= 4 is 37.6 Å². The van der Waals surface area contributed by atoms with E-state index >= 15 is 0 Å². The number of carbonyl (C=O) groups excluding carboxylic acids is 1. The van der Waals surface area contributed by atoms with Gasteiger partial charge in [-0.1, -0.05) is 6.07 Å². The summed E-state index contributed by atoms with van der Waals surface area (Å²) in [7, 11) is -3.12. The molecule has 0 radical (unpaired) electrons. The van der Waals surface area contributed by atoms with Gasteiger partial charge in [0.2, 0.25) is 10.0 Å². The van der Waals surface area contributed by atoms with E-state index in [-0.39, 0.29) is 4.47 Å². The molecule has 1 aromatic carbocycles. The maximum absolute atomic E-state index is 11.9. The summed E-state index contributed by atoms with van der Waals surface area (Å²) >= 11 is 2.94. The largest absolute Gasteiger partial charge is 0.468 e. The second-order valence-electron chi connectivity index (χ2n) is 3.25. The average molecular weight is 353 g/mol. The molecule has 1 rings (SSSR count). The van der Waals surface area contributed by atoms with Crippen LogP contribution in [0.1, 0.15) is 0 Å². The Balaban J connectivity index is 3.21. The van der Waals surface area contributed by atoms with Crippen LogP contribution < -0.4 is 4.72 Å². The quantitative estimate of drug-likeness (QED) is 0.476. The highest BCUT2D eigenvalue weighted by Gasteiger charge is 2.28. The number of nitro benzene ring substituents is 1. The molecule has 19 heavy (non-hydrogen) atoms. The molecule has 0 aromatic heterocycles.